The first-order valence-electron chi connectivity index (χ1n) is 9.09. The molecule has 0 bridgehead atoms. The molecule has 7 heteroatoms. The van der Waals surface area contributed by atoms with Crippen LogP contribution in [0.2, 0.25) is 0 Å². The molecule has 0 saturated carbocycles. The highest BCUT2D eigenvalue weighted by Gasteiger charge is 2.31. The SMILES string of the molecule is CCN(CC)C(=O)CN(C)C(=O)C1CCN(C(=O)OC(C)(C)C)CC1. The number of likely N-dealkylation sites (N-methyl/N-ethyl adjacent to an activating group) is 2. The first-order valence-corrected chi connectivity index (χ1v) is 9.09. The first kappa shape index (κ1) is 21.3. The van der Waals surface area contributed by atoms with Crippen molar-refractivity contribution < 1.29 is 19.1 Å². The number of nitrogens with zero attached hydrogens (tertiary/aromatic N) is 3. The highest BCUT2D eigenvalue weighted by molar-refractivity contribution is 5.86. The third kappa shape index (κ3) is 6.55. The Morgan fingerprint density at radius 1 is 1.08 bits per heavy atom. The van der Waals surface area contributed by atoms with Crippen LogP contribution >= 0.6 is 0 Å². The summed E-state index contributed by atoms with van der Waals surface area (Å²) in [6, 6.07) is 0. The molecule has 0 unspecified atom stereocenters. The van der Waals surface area contributed by atoms with Crippen molar-refractivity contribution >= 4 is 17.9 Å². The van der Waals surface area contributed by atoms with Gasteiger partial charge in [-0.05, 0) is 47.5 Å². The predicted molar refractivity (Wildman–Crippen MR) is 96.1 cm³/mol. The molecule has 1 saturated heterocycles. The maximum Gasteiger partial charge on any atom is 0.410 e. The van der Waals surface area contributed by atoms with Gasteiger partial charge in [0, 0.05) is 39.1 Å². The van der Waals surface area contributed by atoms with Gasteiger partial charge in [0.1, 0.15) is 5.60 Å². The Hall–Kier alpha value is -1.79. The van der Waals surface area contributed by atoms with Crippen molar-refractivity contribution in [1.29, 1.82) is 0 Å². The summed E-state index contributed by atoms with van der Waals surface area (Å²) in [6.07, 6.45) is 0.868. The number of ether oxygens (including phenoxy) is 1. The van der Waals surface area contributed by atoms with Gasteiger partial charge in [-0.3, -0.25) is 9.59 Å². The van der Waals surface area contributed by atoms with Gasteiger partial charge in [-0.25, -0.2) is 4.79 Å². The largest absolute Gasteiger partial charge is 0.444 e. The van der Waals surface area contributed by atoms with Crippen LogP contribution in [0.5, 0.6) is 0 Å². The number of piperidine rings is 1. The molecule has 1 fully saturated rings. The van der Waals surface area contributed by atoms with E-state index in [4.69, 9.17) is 4.74 Å². The molecule has 1 aliphatic rings. The molecule has 0 N–H and O–H groups in total. The van der Waals surface area contributed by atoms with Crippen molar-refractivity contribution in [3.05, 3.63) is 0 Å². The maximum absolute atomic E-state index is 12.6. The summed E-state index contributed by atoms with van der Waals surface area (Å²) in [4.78, 5) is 41.6. The molecule has 144 valence electrons. The predicted octanol–water partition coefficient (Wildman–Crippen LogP) is 1.96. The Morgan fingerprint density at radius 2 is 1.60 bits per heavy atom. The van der Waals surface area contributed by atoms with Gasteiger partial charge in [-0.15, -0.1) is 0 Å². The molecule has 0 aromatic carbocycles. The van der Waals surface area contributed by atoms with Gasteiger partial charge in [-0.2, -0.15) is 0 Å². The smallest absolute Gasteiger partial charge is 0.410 e. The van der Waals surface area contributed by atoms with Gasteiger partial charge >= 0.3 is 6.09 Å². The molecule has 0 aliphatic carbocycles. The second-order valence-electron chi connectivity index (χ2n) is 7.50. The topological polar surface area (TPSA) is 70.2 Å². The van der Waals surface area contributed by atoms with Gasteiger partial charge in [0.15, 0.2) is 0 Å². The van der Waals surface area contributed by atoms with Crippen LogP contribution < -0.4 is 0 Å². The summed E-state index contributed by atoms with van der Waals surface area (Å²) in [6.45, 7) is 11.8. The fraction of sp³-hybridized carbons (Fsp3) is 0.833. The third-order valence-electron chi connectivity index (χ3n) is 4.36. The Labute approximate surface area is 151 Å². The van der Waals surface area contributed by atoms with Crippen LogP contribution in [0.1, 0.15) is 47.5 Å². The zero-order chi connectivity index (χ0) is 19.2. The average Bonchev–Trinajstić information content (AvgIpc) is 2.53. The number of hydrogen-bond acceptors (Lipinski definition) is 4. The summed E-state index contributed by atoms with van der Waals surface area (Å²) in [7, 11) is 1.67. The fourth-order valence-electron chi connectivity index (χ4n) is 2.90. The van der Waals surface area contributed by atoms with E-state index >= 15 is 0 Å². The lowest BCUT2D eigenvalue weighted by atomic mass is 9.95. The standard InChI is InChI=1S/C18H33N3O4/c1-7-20(8-2)15(22)13-19(6)16(23)14-9-11-21(12-10-14)17(24)25-18(3,4)5/h14H,7-13H2,1-6H3. The molecule has 1 aliphatic heterocycles. The number of carbonyl (C=O) groups is 3. The van der Waals surface area contributed by atoms with Gasteiger partial charge in [0.2, 0.25) is 11.8 Å². The van der Waals surface area contributed by atoms with Crippen molar-refractivity contribution in [2.45, 2.75) is 53.1 Å². The summed E-state index contributed by atoms with van der Waals surface area (Å²) in [5.41, 5.74) is -0.519. The van der Waals surface area contributed by atoms with Crippen molar-refractivity contribution in [2.75, 3.05) is 39.8 Å². The summed E-state index contributed by atoms with van der Waals surface area (Å²) < 4.78 is 5.37. The van der Waals surface area contributed by atoms with E-state index in [1.54, 1.807) is 16.8 Å². The van der Waals surface area contributed by atoms with Crippen LogP contribution in [-0.2, 0) is 14.3 Å². The summed E-state index contributed by atoms with van der Waals surface area (Å²) >= 11 is 0. The van der Waals surface area contributed by atoms with Gasteiger partial charge < -0.3 is 19.4 Å². The van der Waals surface area contributed by atoms with E-state index in [9.17, 15) is 14.4 Å². The van der Waals surface area contributed by atoms with E-state index in [1.807, 2.05) is 34.6 Å². The molecule has 3 amide bonds. The van der Waals surface area contributed by atoms with Crippen LogP contribution in [0.15, 0.2) is 0 Å². The molecule has 0 atom stereocenters. The molecule has 0 spiro atoms. The Morgan fingerprint density at radius 3 is 2.04 bits per heavy atom. The molecular formula is C18H33N3O4. The van der Waals surface area contributed by atoms with Crippen molar-refractivity contribution in [3.63, 3.8) is 0 Å². The summed E-state index contributed by atoms with van der Waals surface area (Å²) in [5.74, 6) is -0.204. The monoisotopic (exact) mass is 355 g/mol. The van der Waals surface area contributed by atoms with Crippen LogP contribution in [0.25, 0.3) is 0 Å². The zero-order valence-electron chi connectivity index (χ0n) is 16.5. The molecule has 7 nitrogen and oxygen atoms in total. The number of amides is 3. The van der Waals surface area contributed by atoms with E-state index in [0.717, 1.165) is 0 Å². The molecule has 0 radical (unpaired) electrons. The number of rotatable bonds is 5. The quantitative estimate of drug-likeness (QED) is 0.756. The Bertz CT molecular complexity index is 475. The van der Waals surface area contributed by atoms with E-state index in [2.05, 4.69) is 0 Å². The van der Waals surface area contributed by atoms with E-state index in [-0.39, 0.29) is 30.4 Å². The van der Waals surface area contributed by atoms with Crippen molar-refractivity contribution in [2.24, 2.45) is 5.92 Å². The Kier molecular flexibility index (Phi) is 7.70. The average molecular weight is 355 g/mol. The fourth-order valence-corrected chi connectivity index (χ4v) is 2.90. The minimum Gasteiger partial charge on any atom is -0.444 e. The van der Waals surface area contributed by atoms with E-state index in [1.165, 1.54) is 4.90 Å². The molecule has 1 rings (SSSR count). The molecule has 1 heterocycles. The molecule has 25 heavy (non-hydrogen) atoms. The minimum atomic E-state index is -0.519. The Balaban J connectivity index is 2.49. The normalized spacial score (nSPS) is 15.7. The lowest BCUT2D eigenvalue weighted by Crippen LogP contribution is -2.47. The van der Waals surface area contributed by atoms with Crippen LogP contribution in [-0.4, -0.2) is 78.0 Å². The van der Waals surface area contributed by atoms with Crippen LogP contribution in [0, 0.1) is 5.92 Å². The number of likely N-dealkylation sites (tertiary alicyclic amines) is 1. The summed E-state index contributed by atoms with van der Waals surface area (Å²) in [5, 5.41) is 0. The van der Waals surface area contributed by atoms with Gasteiger partial charge in [0.25, 0.3) is 0 Å². The van der Waals surface area contributed by atoms with Crippen molar-refractivity contribution in [1.82, 2.24) is 14.7 Å². The second-order valence-corrected chi connectivity index (χ2v) is 7.50. The van der Waals surface area contributed by atoms with Gasteiger partial charge in [0.05, 0.1) is 6.54 Å². The van der Waals surface area contributed by atoms with E-state index < -0.39 is 5.60 Å². The van der Waals surface area contributed by atoms with Crippen LogP contribution in [0.3, 0.4) is 0 Å². The first-order chi connectivity index (χ1) is 11.6. The molecule has 0 aromatic rings. The lowest BCUT2D eigenvalue weighted by molar-refractivity contribution is -0.142. The number of hydrogen-bond donors (Lipinski definition) is 0. The molecule has 0 aromatic heterocycles. The highest BCUT2D eigenvalue weighted by Crippen LogP contribution is 2.21. The maximum atomic E-state index is 12.6. The zero-order valence-corrected chi connectivity index (χ0v) is 16.5. The minimum absolute atomic E-state index is 0.0238. The van der Waals surface area contributed by atoms with Gasteiger partial charge in [-0.1, -0.05) is 0 Å². The third-order valence-corrected chi connectivity index (χ3v) is 4.36. The highest BCUT2D eigenvalue weighted by atomic mass is 16.6. The second kappa shape index (κ2) is 9.06. The van der Waals surface area contributed by atoms with E-state index in [0.29, 0.717) is 39.0 Å². The molecular weight excluding hydrogens is 322 g/mol. The van der Waals surface area contributed by atoms with Crippen molar-refractivity contribution in [3.8, 4) is 0 Å². The number of carbonyl (C=O) groups excluding carboxylic acids is 3. The lowest BCUT2D eigenvalue weighted by Gasteiger charge is -2.34. The van der Waals surface area contributed by atoms with Crippen LogP contribution in [0.4, 0.5) is 4.79 Å².